The second kappa shape index (κ2) is 8.99. The molecule has 1 aromatic rings. The summed E-state index contributed by atoms with van der Waals surface area (Å²) in [6.45, 7) is 3.39. The van der Waals surface area contributed by atoms with Gasteiger partial charge in [0.05, 0.1) is 0 Å². The Morgan fingerprint density at radius 1 is 1.00 bits per heavy atom. The predicted octanol–water partition coefficient (Wildman–Crippen LogP) is 3.45. The highest BCUT2D eigenvalue weighted by atomic mass is 35.5. The molecule has 1 heterocycles. The minimum absolute atomic E-state index is 0. The van der Waals surface area contributed by atoms with Crippen LogP contribution >= 0.6 is 24.8 Å². The van der Waals surface area contributed by atoms with Crippen molar-refractivity contribution in [3.05, 3.63) is 35.4 Å². The maximum Gasteiger partial charge on any atom is 0.0102 e. The first-order valence-electron chi connectivity index (χ1n) is 7.87. The molecule has 1 saturated heterocycles. The molecule has 1 aliphatic carbocycles. The molecule has 1 aliphatic heterocycles. The maximum absolute atomic E-state index is 5.87. The Balaban J connectivity index is 0.00000110. The van der Waals surface area contributed by atoms with Crippen molar-refractivity contribution in [3.63, 3.8) is 0 Å². The standard InChI is InChI=1S/C17H26N2.2ClH/c18-12-14-4-3-11-19(13-14)17-9-7-15-5-1-2-6-16(15)8-10-17;;/h1-2,5-6,14,17H,3-4,7-13,18H2;2*1H. The van der Waals surface area contributed by atoms with Gasteiger partial charge in [-0.3, -0.25) is 0 Å². The first-order chi connectivity index (χ1) is 9.36. The van der Waals surface area contributed by atoms with E-state index < -0.39 is 0 Å². The fourth-order valence-corrected chi connectivity index (χ4v) is 3.82. The summed E-state index contributed by atoms with van der Waals surface area (Å²) in [6, 6.07) is 9.78. The third kappa shape index (κ3) is 4.59. The topological polar surface area (TPSA) is 29.3 Å². The van der Waals surface area contributed by atoms with Crippen molar-refractivity contribution in [2.75, 3.05) is 19.6 Å². The van der Waals surface area contributed by atoms with E-state index >= 15 is 0 Å². The van der Waals surface area contributed by atoms with Crippen LogP contribution in [0.3, 0.4) is 0 Å². The van der Waals surface area contributed by atoms with Gasteiger partial charge >= 0.3 is 0 Å². The van der Waals surface area contributed by atoms with E-state index in [1.54, 1.807) is 11.1 Å². The number of halogens is 2. The van der Waals surface area contributed by atoms with Crippen LogP contribution in [0.5, 0.6) is 0 Å². The van der Waals surface area contributed by atoms with E-state index in [2.05, 4.69) is 29.2 Å². The van der Waals surface area contributed by atoms with Crippen LogP contribution in [0.2, 0.25) is 0 Å². The summed E-state index contributed by atoms with van der Waals surface area (Å²) in [6.07, 6.45) is 7.84. The predicted molar refractivity (Wildman–Crippen MR) is 94.7 cm³/mol. The number of likely N-dealkylation sites (tertiary alicyclic amines) is 1. The molecule has 1 fully saturated rings. The number of hydrogen-bond acceptors (Lipinski definition) is 2. The van der Waals surface area contributed by atoms with Crippen LogP contribution in [-0.4, -0.2) is 30.6 Å². The highest BCUT2D eigenvalue weighted by Gasteiger charge is 2.26. The van der Waals surface area contributed by atoms with Gasteiger partial charge in [-0.2, -0.15) is 0 Å². The number of piperidine rings is 1. The number of aryl methyl sites for hydroxylation is 2. The van der Waals surface area contributed by atoms with E-state index in [0.717, 1.165) is 18.5 Å². The zero-order valence-corrected chi connectivity index (χ0v) is 14.3. The molecule has 4 heteroatoms. The van der Waals surface area contributed by atoms with E-state index in [-0.39, 0.29) is 24.8 Å². The van der Waals surface area contributed by atoms with Crippen molar-refractivity contribution in [2.45, 2.75) is 44.6 Å². The Labute approximate surface area is 141 Å². The van der Waals surface area contributed by atoms with Gasteiger partial charge in [-0.05, 0) is 68.7 Å². The van der Waals surface area contributed by atoms with E-state index in [4.69, 9.17) is 5.73 Å². The maximum atomic E-state index is 5.87. The average Bonchev–Trinajstić information content (AvgIpc) is 2.70. The van der Waals surface area contributed by atoms with Gasteiger partial charge in [0.1, 0.15) is 0 Å². The van der Waals surface area contributed by atoms with Crippen molar-refractivity contribution in [3.8, 4) is 0 Å². The molecular weight excluding hydrogens is 303 g/mol. The lowest BCUT2D eigenvalue weighted by molar-refractivity contribution is 0.116. The van der Waals surface area contributed by atoms with E-state index in [9.17, 15) is 0 Å². The number of benzene rings is 1. The summed E-state index contributed by atoms with van der Waals surface area (Å²) in [5.74, 6) is 0.736. The minimum atomic E-state index is 0. The van der Waals surface area contributed by atoms with Gasteiger partial charge in [-0.15, -0.1) is 24.8 Å². The quantitative estimate of drug-likeness (QED) is 0.841. The van der Waals surface area contributed by atoms with Crippen molar-refractivity contribution < 1.29 is 0 Å². The molecule has 0 spiro atoms. The lowest BCUT2D eigenvalue weighted by Crippen LogP contribution is -2.44. The van der Waals surface area contributed by atoms with Gasteiger partial charge in [0, 0.05) is 12.6 Å². The average molecular weight is 331 g/mol. The Morgan fingerprint density at radius 3 is 2.19 bits per heavy atom. The van der Waals surface area contributed by atoms with E-state index in [1.807, 2.05) is 0 Å². The molecule has 120 valence electrons. The first kappa shape index (κ1) is 18.8. The number of nitrogens with two attached hydrogens (primary N) is 1. The molecule has 0 aromatic heterocycles. The van der Waals surface area contributed by atoms with E-state index in [0.29, 0.717) is 0 Å². The normalized spacial score (nSPS) is 23.4. The third-order valence-electron chi connectivity index (χ3n) is 5.01. The highest BCUT2D eigenvalue weighted by molar-refractivity contribution is 5.85. The SMILES string of the molecule is Cl.Cl.NCC1CCCN(C2CCc3ccccc3CC2)C1. The Bertz CT molecular complexity index is 398. The van der Waals surface area contributed by atoms with Gasteiger partial charge in [0.25, 0.3) is 0 Å². The molecule has 2 N–H and O–H groups in total. The van der Waals surface area contributed by atoms with Gasteiger partial charge in [0.15, 0.2) is 0 Å². The van der Waals surface area contributed by atoms with Gasteiger partial charge < -0.3 is 10.6 Å². The van der Waals surface area contributed by atoms with Crippen molar-refractivity contribution in [1.82, 2.24) is 4.90 Å². The van der Waals surface area contributed by atoms with Gasteiger partial charge in [-0.25, -0.2) is 0 Å². The van der Waals surface area contributed by atoms with Gasteiger partial charge in [-0.1, -0.05) is 24.3 Å². The Morgan fingerprint density at radius 2 is 1.62 bits per heavy atom. The Kier molecular flexibility index (Phi) is 8.04. The van der Waals surface area contributed by atoms with Crippen LogP contribution in [0.25, 0.3) is 0 Å². The smallest absolute Gasteiger partial charge is 0.0102 e. The molecule has 0 radical (unpaired) electrons. The number of rotatable bonds is 2. The molecule has 2 nitrogen and oxygen atoms in total. The Hall–Kier alpha value is -0.280. The first-order valence-corrected chi connectivity index (χ1v) is 7.87. The highest BCUT2D eigenvalue weighted by Crippen LogP contribution is 2.26. The summed E-state index contributed by atoms with van der Waals surface area (Å²) in [7, 11) is 0. The molecule has 21 heavy (non-hydrogen) atoms. The van der Waals surface area contributed by atoms with Crippen molar-refractivity contribution in [2.24, 2.45) is 11.7 Å². The molecule has 0 bridgehead atoms. The monoisotopic (exact) mass is 330 g/mol. The van der Waals surface area contributed by atoms with Crippen LogP contribution < -0.4 is 5.73 Å². The van der Waals surface area contributed by atoms with Gasteiger partial charge in [0.2, 0.25) is 0 Å². The summed E-state index contributed by atoms with van der Waals surface area (Å²) in [4.78, 5) is 2.73. The van der Waals surface area contributed by atoms with E-state index in [1.165, 1.54) is 51.6 Å². The van der Waals surface area contributed by atoms with Crippen LogP contribution in [0.15, 0.2) is 24.3 Å². The molecule has 3 rings (SSSR count). The van der Waals surface area contributed by atoms with Crippen LogP contribution in [0.1, 0.15) is 36.8 Å². The number of nitrogens with zero attached hydrogens (tertiary/aromatic N) is 1. The second-order valence-corrected chi connectivity index (χ2v) is 6.24. The fraction of sp³-hybridized carbons (Fsp3) is 0.647. The summed E-state index contributed by atoms with van der Waals surface area (Å²) in [5, 5.41) is 0. The summed E-state index contributed by atoms with van der Waals surface area (Å²) in [5.41, 5.74) is 9.03. The lowest BCUT2D eigenvalue weighted by atomic mass is 9.95. The van der Waals surface area contributed by atoms with Crippen molar-refractivity contribution >= 4 is 24.8 Å². The van der Waals surface area contributed by atoms with Crippen molar-refractivity contribution in [1.29, 1.82) is 0 Å². The lowest BCUT2D eigenvalue weighted by Gasteiger charge is -2.37. The zero-order chi connectivity index (χ0) is 13.1. The molecule has 1 unspecified atom stereocenters. The molecule has 0 amide bonds. The van der Waals surface area contributed by atoms with Crippen LogP contribution in [0, 0.1) is 5.92 Å². The largest absolute Gasteiger partial charge is 0.330 e. The number of fused-ring (bicyclic) bond motifs is 1. The molecule has 1 aromatic carbocycles. The molecule has 1 atom stereocenters. The fourth-order valence-electron chi connectivity index (χ4n) is 3.82. The summed E-state index contributed by atoms with van der Waals surface area (Å²) < 4.78 is 0. The number of hydrogen-bond donors (Lipinski definition) is 1. The molecular formula is C17H28Cl2N2. The summed E-state index contributed by atoms with van der Waals surface area (Å²) >= 11 is 0. The van der Waals surface area contributed by atoms with Crippen LogP contribution in [-0.2, 0) is 12.8 Å². The van der Waals surface area contributed by atoms with Crippen LogP contribution in [0.4, 0.5) is 0 Å². The third-order valence-corrected chi connectivity index (χ3v) is 5.01. The zero-order valence-electron chi connectivity index (χ0n) is 12.7. The molecule has 0 saturated carbocycles. The second-order valence-electron chi connectivity index (χ2n) is 6.24. The molecule has 2 aliphatic rings. The minimum Gasteiger partial charge on any atom is -0.330 e.